The van der Waals surface area contributed by atoms with Gasteiger partial charge in [-0.2, -0.15) is 0 Å². The zero-order valence-corrected chi connectivity index (χ0v) is 12.4. The van der Waals surface area contributed by atoms with Crippen molar-refractivity contribution in [2.75, 3.05) is 0 Å². The van der Waals surface area contributed by atoms with Gasteiger partial charge in [0.05, 0.1) is 6.04 Å². The van der Waals surface area contributed by atoms with Gasteiger partial charge in [-0.1, -0.05) is 30.8 Å². The lowest BCUT2D eigenvalue weighted by atomic mass is 9.87. The lowest BCUT2D eigenvalue weighted by Gasteiger charge is -2.28. The largest absolute Gasteiger partial charge is 0.508 e. The average molecular weight is 279 g/mol. The van der Waals surface area contributed by atoms with Crippen LogP contribution >= 0.6 is 0 Å². The Hall–Kier alpha value is -2.22. The molecule has 2 aromatic carbocycles. The van der Waals surface area contributed by atoms with Crippen molar-refractivity contribution < 1.29 is 5.11 Å². The first kappa shape index (κ1) is 13.7. The van der Waals surface area contributed by atoms with Gasteiger partial charge < -0.3 is 10.4 Å². The number of rotatable bonds is 3. The summed E-state index contributed by atoms with van der Waals surface area (Å²) in [6.07, 6.45) is 3.50. The second kappa shape index (κ2) is 5.65. The Morgan fingerprint density at radius 2 is 2.05 bits per heavy atom. The highest BCUT2D eigenvalue weighted by Crippen LogP contribution is 2.31. The van der Waals surface area contributed by atoms with Gasteiger partial charge in [-0.05, 0) is 66.6 Å². The third kappa shape index (κ3) is 2.80. The zero-order chi connectivity index (χ0) is 14.8. The van der Waals surface area contributed by atoms with Crippen LogP contribution in [0.2, 0.25) is 0 Å². The van der Waals surface area contributed by atoms with Gasteiger partial charge in [-0.25, -0.2) is 0 Å². The minimum Gasteiger partial charge on any atom is -0.508 e. The fourth-order valence-electron chi connectivity index (χ4n) is 3.04. The minimum absolute atomic E-state index is 0.328. The second-order valence-corrected chi connectivity index (χ2v) is 5.77. The fourth-order valence-corrected chi connectivity index (χ4v) is 3.04. The molecule has 0 saturated carbocycles. The summed E-state index contributed by atoms with van der Waals surface area (Å²) in [7, 11) is 0. The summed E-state index contributed by atoms with van der Waals surface area (Å²) in [5.41, 5.74) is 5.66. The standard InChI is InChI=1S/C19H21NO/c1-13-12-16(10-11-19(13)21)14(2)20-18-9-5-7-15-6-3-4-8-17(15)18/h3-4,6,8,10-12,18,20-21H,2,5,7,9H2,1H3. The highest BCUT2D eigenvalue weighted by atomic mass is 16.3. The van der Waals surface area contributed by atoms with Crippen LogP contribution < -0.4 is 5.32 Å². The maximum absolute atomic E-state index is 9.63. The number of nitrogens with one attached hydrogen (secondary N) is 1. The number of hydrogen-bond donors (Lipinski definition) is 2. The monoisotopic (exact) mass is 279 g/mol. The van der Waals surface area contributed by atoms with Crippen molar-refractivity contribution in [2.24, 2.45) is 0 Å². The topological polar surface area (TPSA) is 32.3 Å². The van der Waals surface area contributed by atoms with Crippen LogP contribution in [0.1, 0.15) is 41.1 Å². The van der Waals surface area contributed by atoms with Crippen LogP contribution in [0.5, 0.6) is 5.75 Å². The van der Waals surface area contributed by atoms with E-state index in [1.165, 1.54) is 24.0 Å². The van der Waals surface area contributed by atoms with Crippen molar-refractivity contribution in [1.82, 2.24) is 5.32 Å². The number of benzene rings is 2. The predicted octanol–water partition coefficient (Wildman–Crippen LogP) is 4.34. The van der Waals surface area contributed by atoms with E-state index in [4.69, 9.17) is 0 Å². The van der Waals surface area contributed by atoms with Gasteiger partial charge in [0.2, 0.25) is 0 Å². The zero-order valence-electron chi connectivity index (χ0n) is 12.4. The summed E-state index contributed by atoms with van der Waals surface area (Å²) in [5.74, 6) is 0.328. The Kier molecular flexibility index (Phi) is 3.70. The molecule has 0 radical (unpaired) electrons. The molecule has 2 nitrogen and oxygen atoms in total. The molecule has 0 heterocycles. The number of aryl methyl sites for hydroxylation is 2. The molecule has 0 aliphatic heterocycles. The molecule has 21 heavy (non-hydrogen) atoms. The molecular formula is C19H21NO. The van der Waals surface area contributed by atoms with Gasteiger partial charge in [0.25, 0.3) is 0 Å². The van der Waals surface area contributed by atoms with Gasteiger partial charge in [0, 0.05) is 5.70 Å². The van der Waals surface area contributed by atoms with E-state index in [9.17, 15) is 5.11 Å². The fraction of sp³-hybridized carbons (Fsp3) is 0.263. The third-order valence-electron chi connectivity index (χ3n) is 4.26. The Bertz CT molecular complexity index is 675. The van der Waals surface area contributed by atoms with Gasteiger partial charge >= 0.3 is 0 Å². The summed E-state index contributed by atoms with van der Waals surface area (Å²) in [6.45, 7) is 6.07. The van der Waals surface area contributed by atoms with Gasteiger partial charge in [-0.3, -0.25) is 0 Å². The SMILES string of the molecule is C=C(NC1CCCc2ccccc21)c1ccc(O)c(C)c1. The molecule has 2 N–H and O–H groups in total. The predicted molar refractivity (Wildman–Crippen MR) is 87.1 cm³/mol. The van der Waals surface area contributed by atoms with Crippen molar-refractivity contribution in [3.63, 3.8) is 0 Å². The summed E-state index contributed by atoms with van der Waals surface area (Å²) >= 11 is 0. The molecule has 2 heteroatoms. The Morgan fingerprint density at radius 3 is 2.86 bits per heavy atom. The molecule has 0 saturated heterocycles. The number of aromatic hydroxyl groups is 1. The van der Waals surface area contributed by atoms with E-state index in [1.54, 1.807) is 6.07 Å². The molecule has 0 aromatic heterocycles. The molecule has 0 fully saturated rings. The normalized spacial score (nSPS) is 17.1. The highest BCUT2D eigenvalue weighted by molar-refractivity contribution is 5.64. The minimum atomic E-state index is 0.328. The van der Waals surface area contributed by atoms with Crippen molar-refractivity contribution in [3.8, 4) is 5.75 Å². The van der Waals surface area contributed by atoms with Crippen LogP contribution in [0.25, 0.3) is 5.70 Å². The van der Waals surface area contributed by atoms with Crippen LogP contribution in [0, 0.1) is 6.92 Å². The van der Waals surface area contributed by atoms with Crippen molar-refractivity contribution in [1.29, 1.82) is 0 Å². The van der Waals surface area contributed by atoms with E-state index >= 15 is 0 Å². The van der Waals surface area contributed by atoms with Crippen LogP contribution in [0.3, 0.4) is 0 Å². The van der Waals surface area contributed by atoms with E-state index in [1.807, 2.05) is 19.1 Å². The number of phenols is 1. The van der Waals surface area contributed by atoms with Gasteiger partial charge in [0.15, 0.2) is 0 Å². The van der Waals surface area contributed by atoms with E-state index in [2.05, 4.69) is 36.2 Å². The summed E-state index contributed by atoms with van der Waals surface area (Å²) in [6, 6.07) is 14.6. The summed E-state index contributed by atoms with van der Waals surface area (Å²) in [4.78, 5) is 0. The summed E-state index contributed by atoms with van der Waals surface area (Å²) < 4.78 is 0. The molecule has 108 valence electrons. The van der Waals surface area contributed by atoms with Crippen molar-refractivity contribution in [3.05, 3.63) is 71.3 Å². The number of hydrogen-bond acceptors (Lipinski definition) is 2. The maximum Gasteiger partial charge on any atom is 0.118 e. The Labute approximate surface area is 126 Å². The van der Waals surface area contributed by atoms with E-state index in [0.717, 1.165) is 23.2 Å². The summed E-state index contributed by atoms with van der Waals surface area (Å²) in [5, 5.41) is 13.2. The first-order valence-corrected chi connectivity index (χ1v) is 7.48. The first-order chi connectivity index (χ1) is 10.1. The molecule has 1 aliphatic carbocycles. The van der Waals surface area contributed by atoms with Crippen LogP contribution in [0.15, 0.2) is 49.0 Å². The van der Waals surface area contributed by atoms with Gasteiger partial charge in [-0.15, -0.1) is 0 Å². The quantitative estimate of drug-likeness (QED) is 0.876. The van der Waals surface area contributed by atoms with Crippen LogP contribution in [0.4, 0.5) is 0 Å². The molecule has 1 aliphatic rings. The van der Waals surface area contributed by atoms with E-state index in [-0.39, 0.29) is 0 Å². The van der Waals surface area contributed by atoms with Crippen LogP contribution in [-0.4, -0.2) is 5.11 Å². The molecule has 0 bridgehead atoms. The lowest BCUT2D eigenvalue weighted by Crippen LogP contribution is -2.23. The Balaban J connectivity index is 1.81. The lowest BCUT2D eigenvalue weighted by molar-refractivity contribution is 0.471. The van der Waals surface area contributed by atoms with Gasteiger partial charge in [0.1, 0.15) is 5.75 Å². The van der Waals surface area contributed by atoms with E-state index < -0.39 is 0 Å². The number of phenolic OH excluding ortho intramolecular Hbond substituents is 1. The smallest absolute Gasteiger partial charge is 0.118 e. The highest BCUT2D eigenvalue weighted by Gasteiger charge is 2.20. The molecule has 2 aromatic rings. The maximum atomic E-state index is 9.63. The first-order valence-electron chi connectivity index (χ1n) is 7.48. The average Bonchev–Trinajstić information content (AvgIpc) is 2.50. The second-order valence-electron chi connectivity index (χ2n) is 5.77. The molecule has 3 rings (SSSR count). The molecule has 0 spiro atoms. The van der Waals surface area contributed by atoms with Crippen LogP contribution in [-0.2, 0) is 6.42 Å². The molecular weight excluding hydrogens is 258 g/mol. The molecule has 0 amide bonds. The third-order valence-corrected chi connectivity index (χ3v) is 4.26. The van der Waals surface area contributed by atoms with Crippen molar-refractivity contribution >= 4 is 5.70 Å². The molecule has 1 atom stereocenters. The molecule has 1 unspecified atom stereocenters. The van der Waals surface area contributed by atoms with E-state index in [0.29, 0.717) is 11.8 Å². The Morgan fingerprint density at radius 1 is 1.24 bits per heavy atom. The van der Waals surface area contributed by atoms with Crippen molar-refractivity contribution in [2.45, 2.75) is 32.2 Å². The number of fused-ring (bicyclic) bond motifs is 1.